The van der Waals surface area contributed by atoms with E-state index in [9.17, 15) is 0 Å². The second kappa shape index (κ2) is 8.60. The molecule has 0 saturated carbocycles. The van der Waals surface area contributed by atoms with Crippen LogP contribution in [-0.2, 0) is 40.3 Å². The third-order valence-electron chi connectivity index (χ3n) is 0.200. The van der Waals surface area contributed by atoms with Crippen LogP contribution in [-0.4, -0.2) is 10.5 Å². The summed E-state index contributed by atoms with van der Waals surface area (Å²) in [4.78, 5) is 0. The molecule has 0 rings (SSSR count). The first-order valence-corrected chi connectivity index (χ1v) is 1.53. The van der Waals surface area contributed by atoms with Gasteiger partial charge in [-0.2, -0.15) is 0 Å². The molecule has 0 radical (unpaired) electrons. The van der Waals surface area contributed by atoms with E-state index in [-0.39, 0.29) is 0 Å². The van der Waals surface area contributed by atoms with Crippen LogP contribution >= 0.6 is 0 Å². The van der Waals surface area contributed by atoms with Gasteiger partial charge in [0.05, 0.1) is 0 Å². The molecular weight excluding hydrogens is 160 g/mol. The Bertz CT molecular complexity index is 40.0. The normalized spacial score (nSPS) is 10.2. The highest BCUT2D eigenvalue weighted by Gasteiger charge is 1.92. The van der Waals surface area contributed by atoms with Crippen molar-refractivity contribution in [3.8, 4) is 0 Å². The van der Waals surface area contributed by atoms with E-state index in [1.807, 2.05) is 0 Å². The number of hydrogen-bond donors (Lipinski definition) is 2. The molecule has 10 nitrogen and oxygen atoms in total. The average molecular weight is 162 g/mol. The summed E-state index contributed by atoms with van der Waals surface area (Å²) in [6, 6.07) is 0. The Hall–Kier alpha value is -0.400. The predicted molar refractivity (Wildman–Crippen MR) is 13.9 cm³/mol. The standard InChI is InChI=1S/H2O10/c1-3-5-7-9-10-8-6-4-2/h1-2H. The fraction of sp³-hybridized carbons (Fsp3) is 0. The minimum atomic E-state index is 2.84. The lowest BCUT2D eigenvalue weighted by molar-refractivity contribution is -0.842. The highest BCUT2D eigenvalue weighted by molar-refractivity contribution is 3.00. The van der Waals surface area contributed by atoms with Gasteiger partial charge in [0.15, 0.2) is 0 Å². The molecule has 0 aromatic carbocycles. The van der Waals surface area contributed by atoms with Crippen molar-refractivity contribution >= 4 is 0 Å². The van der Waals surface area contributed by atoms with Crippen molar-refractivity contribution in [2.24, 2.45) is 0 Å². The molecule has 0 aromatic rings. The molecule has 0 bridgehead atoms. The van der Waals surface area contributed by atoms with Gasteiger partial charge >= 0.3 is 0 Å². The van der Waals surface area contributed by atoms with Gasteiger partial charge in [-0.05, 0) is 40.3 Å². The van der Waals surface area contributed by atoms with E-state index in [1.54, 1.807) is 0 Å². The summed E-state index contributed by atoms with van der Waals surface area (Å²) in [6.07, 6.45) is 0. The fourth-order valence-electron chi connectivity index (χ4n) is 0.0702. The maximum absolute atomic E-state index is 7.35. The summed E-state index contributed by atoms with van der Waals surface area (Å²) in [7, 11) is 0. The zero-order chi connectivity index (χ0) is 7.66. The van der Waals surface area contributed by atoms with Crippen LogP contribution in [0.3, 0.4) is 0 Å². The van der Waals surface area contributed by atoms with Crippen molar-refractivity contribution in [1.29, 1.82) is 0 Å². The lowest BCUT2D eigenvalue weighted by Crippen LogP contribution is -1.99. The van der Waals surface area contributed by atoms with Crippen molar-refractivity contribution in [3.05, 3.63) is 0 Å². The molecule has 0 atom stereocenters. The van der Waals surface area contributed by atoms with Crippen molar-refractivity contribution < 1.29 is 50.8 Å². The molecule has 0 heterocycles. The SMILES string of the molecule is OOOOOOOOOO. The van der Waals surface area contributed by atoms with Crippen molar-refractivity contribution in [2.75, 3.05) is 0 Å². The van der Waals surface area contributed by atoms with Crippen LogP contribution in [0.4, 0.5) is 0 Å². The Morgan fingerprint density at radius 3 is 1.10 bits per heavy atom. The summed E-state index contributed by atoms with van der Waals surface area (Å²) in [6.45, 7) is 0. The van der Waals surface area contributed by atoms with Crippen LogP contribution in [0.15, 0.2) is 0 Å². The summed E-state index contributed by atoms with van der Waals surface area (Å²) in [5.74, 6) is 0. The van der Waals surface area contributed by atoms with Gasteiger partial charge in [-0.25, -0.2) is 10.5 Å². The zero-order valence-electron chi connectivity index (χ0n) is 4.16. The first-order valence-electron chi connectivity index (χ1n) is 1.53. The molecule has 0 amide bonds. The van der Waals surface area contributed by atoms with Crippen LogP contribution in [0.25, 0.3) is 0 Å². The van der Waals surface area contributed by atoms with Crippen molar-refractivity contribution in [1.82, 2.24) is 0 Å². The first-order chi connectivity index (χ1) is 4.91. The second-order valence-electron chi connectivity index (χ2n) is 0.557. The van der Waals surface area contributed by atoms with Crippen molar-refractivity contribution in [3.63, 3.8) is 0 Å². The quantitative estimate of drug-likeness (QED) is 0.287. The van der Waals surface area contributed by atoms with Gasteiger partial charge in [0.2, 0.25) is 0 Å². The van der Waals surface area contributed by atoms with Crippen LogP contribution in [0.2, 0.25) is 0 Å². The smallest absolute Gasteiger partial charge is 0.00000137 e. The molecule has 0 saturated heterocycles. The molecule has 0 aliphatic carbocycles. The summed E-state index contributed by atoms with van der Waals surface area (Å²) in [5, 5.41) is 40.0. The average Bonchev–Trinajstić information content (AvgIpc) is 1.97. The summed E-state index contributed by atoms with van der Waals surface area (Å²) >= 11 is 0. The van der Waals surface area contributed by atoms with E-state index in [4.69, 9.17) is 10.5 Å². The van der Waals surface area contributed by atoms with E-state index in [0.717, 1.165) is 0 Å². The van der Waals surface area contributed by atoms with Gasteiger partial charge in [-0.1, -0.05) is 0 Å². The van der Waals surface area contributed by atoms with Gasteiger partial charge in [0.25, 0.3) is 0 Å². The molecule has 62 valence electrons. The van der Waals surface area contributed by atoms with Gasteiger partial charge in [0, 0.05) is 0 Å². The van der Waals surface area contributed by atoms with E-state index >= 15 is 0 Å². The number of hydrogen-bond acceptors (Lipinski definition) is 10. The van der Waals surface area contributed by atoms with Crippen molar-refractivity contribution in [2.45, 2.75) is 0 Å². The highest BCUT2D eigenvalue weighted by atomic mass is 17.9. The fourth-order valence-corrected chi connectivity index (χ4v) is 0.0702. The zero-order valence-corrected chi connectivity index (χ0v) is 4.16. The minimum absolute atomic E-state index is 2.84. The van der Waals surface area contributed by atoms with Crippen LogP contribution in [0.1, 0.15) is 0 Å². The lowest BCUT2D eigenvalue weighted by Gasteiger charge is -1.93. The van der Waals surface area contributed by atoms with E-state index < -0.39 is 0 Å². The maximum atomic E-state index is 7.35. The Labute approximate surface area is 52.2 Å². The van der Waals surface area contributed by atoms with Crippen LogP contribution in [0, 0.1) is 0 Å². The Kier molecular flexibility index (Phi) is 8.26. The molecule has 0 aliphatic rings. The predicted octanol–water partition coefficient (Wildman–Crippen LogP) is -0.530. The Balaban J connectivity index is 2.65. The molecule has 2 N–H and O–H groups in total. The van der Waals surface area contributed by atoms with E-state index in [1.165, 1.54) is 0 Å². The summed E-state index contributed by atoms with van der Waals surface area (Å²) < 4.78 is 0. The lowest BCUT2D eigenvalue weighted by atomic mass is 14.1. The number of rotatable bonds is 7. The third-order valence-corrected chi connectivity index (χ3v) is 0.200. The molecular formula is H2O10. The van der Waals surface area contributed by atoms with Crippen LogP contribution in [0.5, 0.6) is 0 Å². The molecule has 10 heteroatoms. The van der Waals surface area contributed by atoms with Gasteiger partial charge in [-0.3, -0.25) is 0 Å². The van der Waals surface area contributed by atoms with E-state index in [2.05, 4.69) is 40.3 Å². The molecule has 0 fully saturated rings. The van der Waals surface area contributed by atoms with Crippen LogP contribution < -0.4 is 0 Å². The summed E-state index contributed by atoms with van der Waals surface area (Å²) in [5.41, 5.74) is 0. The van der Waals surface area contributed by atoms with Gasteiger partial charge in [-0.15, -0.1) is 0 Å². The highest BCUT2D eigenvalue weighted by Crippen LogP contribution is 1.85. The maximum Gasteiger partial charge on any atom is -0.00000137 e. The molecule has 10 heavy (non-hydrogen) atoms. The van der Waals surface area contributed by atoms with Gasteiger partial charge in [0.1, 0.15) is 0 Å². The van der Waals surface area contributed by atoms with Gasteiger partial charge < -0.3 is 0 Å². The first kappa shape index (κ1) is 9.60. The third kappa shape index (κ3) is 7.60. The second-order valence-corrected chi connectivity index (χ2v) is 0.557. The molecule has 0 aromatic heterocycles. The monoisotopic (exact) mass is 162 g/mol. The molecule has 0 aliphatic heterocycles. The topological polar surface area (TPSA) is 114 Å². The molecule has 0 spiro atoms. The largest absolute Gasteiger partial charge is 0.219 e. The molecule has 0 unspecified atom stereocenters. The minimum Gasteiger partial charge on any atom is -0.219 e. The van der Waals surface area contributed by atoms with E-state index in [0.29, 0.717) is 0 Å². The Morgan fingerprint density at radius 1 is 0.500 bits per heavy atom. The Morgan fingerprint density at radius 2 is 0.800 bits per heavy atom.